The number of hydrogen-bond acceptors (Lipinski definition) is 2. The van der Waals surface area contributed by atoms with Crippen LogP contribution >= 0.6 is 0 Å². The molecule has 20 heavy (non-hydrogen) atoms. The molecule has 1 aliphatic heterocycles. The van der Waals surface area contributed by atoms with Crippen LogP contribution in [0.5, 0.6) is 0 Å². The van der Waals surface area contributed by atoms with Gasteiger partial charge in [0.15, 0.2) is 0 Å². The lowest BCUT2D eigenvalue weighted by atomic mass is 9.98. The lowest BCUT2D eigenvalue weighted by Crippen LogP contribution is -2.27. The summed E-state index contributed by atoms with van der Waals surface area (Å²) < 4.78 is 14.4. The summed E-state index contributed by atoms with van der Waals surface area (Å²) in [5.41, 5.74) is 9.89. The maximum absolute atomic E-state index is 14.4. The van der Waals surface area contributed by atoms with Crippen molar-refractivity contribution in [3.8, 4) is 0 Å². The molecular weight excluding hydrogens is 251 g/mol. The van der Waals surface area contributed by atoms with E-state index in [-0.39, 0.29) is 11.9 Å². The zero-order valence-electron chi connectivity index (χ0n) is 11.6. The molecule has 2 aromatic rings. The highest BCUT2D eigenvalue weighted by atomic mass is 19.1. The van der Waals surface area contributed by atoms with Gasteiger partial charge >= 0.3 is 0 Å². The second kappa shape index (κ2) is 5.25. The summed E-state index contributed by atoms with van der Waals surface area (Å²) >= 11 is 0. The number of halogens is 1. The van der Waals surface area contributed by atoms with Crippen LogP contribution in [0.2, 0.25) is 0 Å². The number of para-hydroxylation sites is 2. The fourth-order valence-electron chi connectivity index (χ4n) is 2.95. The first-order valence-corrected chi connectivity index (χ1v) is 7.08. The SMILES string of the molecule is C[C@H](N)c1cccc(F)c1N1CCCc2ccccc21. The van der Waals surface area contributed by atoms with E-state index in [0.29, 0.717) is 5.69 Å². The summed E-state index contributed by atoms with van der Waals surface area (Å²) in [4.78, 5) is 2.08. The molecule has 104 valence electrons. The van der Waals surface area contributed by atoms with Crippen LogP contribution in [0, 0.1) is 5.82 Å². The van der Waals surface area contributed by atoms with E-state index >= 15 is 0 Å². The first-order chi connectivity index (χ1) is 9.68. The van der Waals surface area contributed by atoms with Gasteiger partial charge in [-0.2, -0.15) is 0 Å². The molecule has 0 saturated heterocycles. The number of nitrogens with two attached hydrogens (primary N) is 1. The van der Waals surface area contributed by atoms with Crippen LogP contribution in [-0.2, 0) is 6.42 Å². The molecule has 2 nitrogen and oxygen atoms in total. The van der Waals surface area contributed by atoms with Crippen LogP contribution in [0.1, 0.15) is 30.5 Å². The van der Waals surface area contributed by atoms with Crippen molar-refractivity contribution in [2.24, 2.45) is 5.73 Å². The lowest BCUT2D eigenvalue weighted by Gasteiger charge is -2.33. The number of aryl methyl sites for hydroxylation is 1. The van der Waals surface area contributed by atoms with Gasteiger partial charge in [0.1, 0.15) is 5.82 Å². The third-order valence-electron chi connectivity index (χ3n) is 3.89. The number of anilines is 2. The van der Waals surface area contributed by atoms with Crippen molar-refractivity contribution in [1.82, 2.24) is 0 Å². The minimum Gasteiger partial charge on any atom is -0.339 e. The zero-order valence-corrected chi connectivity index (χ0v) is 11.6. The Morgan fingerprint density at radius 2 is 1.95 bits per heavy atom. The van der Waals surface area contributed by atoms with Crippen LogP contribution < -0.4 is 10.6 Å². The summed E-state index contributed by atoms with van der Waals surface area (Å²) in [6.07, 6.45) is 2.08. The van der Waals surface area contributed by atoms with Gasteiger partial charge in [-0.3, -0.25) is 0 Å². The van der Waals surface area contributed by atoms with Gasteiger partial charge in [-0.05, 0) is 43.0 Å². The Bertz CT molecular complexity index is 622. The van der Waals surface area contributed by atoms with Gasteiger partial charge < -0.3 is 10.6 Å². The van der Waals surface area contributed by atoms with Gasteiger partial charge in [-0.1, -0.05) is 30.3 Å². The van der Waals surface area contributed by atoms with Crippen LogP contribution in [0.4, 0.5) is 15.8 Å². The van der Waals surface area contributed by atoms with E-state index in [1.165, 1.54) is 11.6 Å². The van der Waals surface area contributed by atoms with Gasteiger partial charge in [0, 0.05) is 18.3 Å². The molecule has 0 saturated carbocycles. The Morgan fingerprint density at radius 3 is 2.75 bits per heavy atom. The van der Waals surface area contributed by atoms with Crippen LogP contribution in [-0.4, -0.2) is 6.54 Å². The molecule has 0 radical (unpaired) electrons. The first-order valence-electron chi connectivity index (χ1n) is 7.08. The number of fused-ring (bicyclic) bond motifs is 1. The first kappa shape index (κ1) is 13.1. The molecule has 0 aliphatic carbocycles. The normalized spacial score (nSPS) is 15.8. The Morgan fingerprint density at radius 1 is 1.15 bits per heavy atom. The second-order valence-corrected chi connectivity index (χ2v) is 5.35. The van der Waals surface area contributed by atoms with Crippen LogP contribution in [0.25, 0.3) is 0 Å². The summed E-state index contributed by atoms with van der Waals surface area (Å²) in [5.74, 6) is -0.198. The monoisotopic (exact) mass is 270 g/mol. The lowest BCUT2D eigenvalue weighted by molar-refractivity contribution is 0.614. The second-order valence-electron chi connectivity index (χ2n) is 5.35. The fraction of sp³-hybridized carbons (Fsp3) is 0.294. The van der Waals surface area contributed by atoms with Crippen molar-refractivity contribution in [3.05, 3.63) is 59.4 Å². The molecule has 0 bridgehead atoms. The zero-order chi connectivity index (χ0) is 14.1. The van der Waals surface area contributed by atoms with E-state index in [9.17, 15) is 4.39 Å². The van der Waals surface area contributed by atoms with E-state index in [0.717, 1.165) is 30.6 Å². The topological polar surface area (TPSA) is 29.3 Å². The smallest absolute Gasteiger partial charge is 0.147 e. The summed E-state index contributed by atoms with van der Waals surface area (Å²) in [6.45, 7) is 2.73. The third kappa shape index (κ3) is 2.18. The van der Waals surface area contributed by atoms with Crippen molar-refractivity contribution in [1.29, 1.82) is 0 Å². The molecule has 3 heteroatoms. The quantitative estimate of drug-likeness (QED) is 0.896. The Balaban J connectivity index is 2.16. The molecule has 2 aromatic carbocycles. The van der Waals surface area contributed by atoms with Crippen molar-refractivity contribution in [2.75, 3.05) is 11.4 Å². The molecule has 3 rings (SSSR count). The largest absolute Gasteiger partial charge is 0.339 e. The molecule has 1 aliphatic rings. The standard InChI is InChI=1S/C17H19FN2/c1-12(19)14-8-4-9-15(18)17(14)20-11-5-7-13-6-2-3-10-16(13)20/h2-4,6,8-10,12H,5,7,11,19H2,1H3/t12-/m0/s1. The predicted molar refractivity (Wildman–Crippen MR) is 80.8 cm³/mol. The van der Waals surface area contributed by atoms with Crippen molar-refractivity contribution >= 4 is 11.4 Å². The van der Waals surface area contributed by atoms with E-state index in [2.05, 4.69) is 17.0 Å². The fourth-order valence-corrected chi connectivity index (χ4v) is 2.95. The minimum absolute atomic E-state index is 0.185. The van der Waals surface area contributed by atoms with Gasteiger partial charge in [-0.25, -0.2) is 4.39 Å². The summed E-state index contributed by atoms with van der Waals surface area (Å²) in [7, 11) is 0. The van der Waals surface area contributed by atoms with Crippen LogP contribution in [0.15, 0.2) is 42.5 Å². The highest BCUT2D eigenvalue weighted by Gasteiger charge is 2.23. The molecule has 0 aromatic heterocycles. The molecule has 0 amide bonds. The maximum Gasteiger partial charge on any atom is 0.147 e. The molecule has 2 N–H and O–H groups in total. The number of nitrogens with zero attached hydrogens (tertiary/aromatic N) is 1. The Labute approximate surface area is 119 Å². The van der Waals surface area contributed by atoms with Gasteiger partial charge in [0.25, 0.3) is 0 Å². The number of rotatable bonds is 2. The van der Waals surface area contributed by atoms with Crippen molar-refractivity contribution < 1.29 is 4.39 Å². The van der Waals surface area contributed by atoms with Gasteiger partial charge in [0.05, 0.1) is 5.69 Å². The van der Waals surface area contributed by atoms with E-state index in [4.69, 9.17) is 5.73 Å². The average Bonchev–Trinajstić information content (AvgIpc) is 2.46. The van der Waals surface area contributed by atoms with E-state index in [1.54, 1.807) is 6.07 Å². The highest BCUT2D eigenvalue weighted by molar-refractivity contribution is 5.71. The predicted octanol–water partition coefficient (Wildman–Crippen LogP) is 3.93. The summed E-state index contributed by atoms with van der Waals surface area (Å²) in [6, 6.07) is 13.2. The Kier molecular flexibility index (Phi) is 3.45. The number of benzene rings is 2. The average molecular weight is 270 g/mol. The van der Waals surface area contributed by atoms with Crippen LogP contribution in [0.3, 0.4) is 0 Å². The van der Waals surface area contributed by atoms with Crippen molar-refractivity contribution in [3.63, 3.8) is 0 Å². The Hall–Kier alpha value is -1.87. The van der Waals surface area contributed by atoms with Gasteiger partial charge in [0.2, 0.25) is 0 Å². The molecule has 0 spiro atoms. The summed E-state index contributed by atoms with van der Waals surface area (Å²) in [5, 5.41) is 0. The van der Waals surface area contributed by atoms with E-state index in [1.807, 2.05) is 25.1 Å². The van der Waals surface area contributed by atoms with Crippen molar-refractivity contribution in [2.45, 2.75) is 25.8 Å². The molecule has 0 fully saturated rings. The maximum atomic E-state index is 14.4. The third-order valence-corrected chi connectivity index (χ3v) is 3.89. The highest BCUT2D eigenvalue weighted by Crippen LogP contribution is 2.38. The van der Waals surface area contributed by atoms with Gasteiger partial charge in [-0.15, -0.1) is 0 Å². The minimum atomic E-state index is -0.198. The molecule has 0 unspecified atom stereocenters. The van der Waals surface area contributed by atoms with E-state index < -0.39 is 0 Å². The molecule has 1 heterocycles. The number of hydrogen-bond donors (Lipinski definition) is 1. The molecular formula is C17H19FN2. The molecule has 1 atom stereocenters.